The minimum absolute atomic E-state index is 0.246. The van der Waals surface area contributed by atoms with Crippen LogP contribution in [-0.4, -0.2) is 28.1 Å². The summed E-state index contributed by atoms with van der Waals surface area (Å²) in [6.45, 7) is 0.596. The Morgan fingerprint density at radius 2 is 2.26 bits per heavy atom. The maximum Gasteiger partial charge on any atom is 0.260 e. The number of rotatable bonds is 3. The van der Waals surface area contributed by atoms with E-state index >= 15 is 0 Å². The molecular formula is C16H18N4O3. The zero-order chi connectivity index (χ0) is 15.8. The molecule has 2 aromatic heterocycles. The Balaban J connectivity index is 1.60. The molecule has 1 fully saturated rings. The van der Waals surface area contributed by atoms with Crippen molar-refractivity contribution in [1.29, 1.82) is 0 Å². The molecule has 7 nitrogen and oxygen atoms in total. The molecule has 4 rings (SSSR count). The van der Waals surface area contributed by atoms with Crippen molar-refractivity contribution in [3.8, 4) is 0 Å². The van der Waals surface area contributed by atoms with Crippen LogP contribution in [0.1, 0.15) is 58.2 Å². The van der Waals surface area contributed by atoms with Crippen molar-refractivity contribution < 1.29 is 14.0 Å². The van der Waals surface area contributed by atoms with Gasteiger partial charge in [0.15, 0.2) is 0 Å². The molecule has 0 bridgehead atoms. The van der Waals surface area contributed by atoms with Crippen molar-refractivity contribution in [3.05, 3.63) is 35.4 Å². The molecule has 3 heterocycles. The molecule has 2 N–H and O–H groups in total. The predicted octanol–water partition coefficient (Wildman–Crippen LogP) is 2.13. The Morgan fingerprint density at radius 3 is 3.04 bits per heavy atom. The minimum Gasteiger partial charge on any atom is -0.468 e. The summed E-state index contributed by atoms with van der Waals surface area (Å²) < 4.78 is 7.29. The fourth-order valence-corrected chi connectivity index (χ4v) is 3.06. The highest BCUT2D eigenvalue weighted by molar-refractivity contribution is 6.12. The number of anilines is 1. The standard InChI is InChI=1S/C16H18N4O3/c21-15(19-13-6-8-18-20(13)10-3-1-4-10)11-9-23-12-5-2-7-17-16(22)14(11)12/h6,8-10H,1-5,7H2,(H,17,22)(H,19,21). The summed E-state index contributed by atoms with van der Waals surface area (Å²) >= 11 is 0. The first-order chi connectivity index (χ1) is 11.2. The van der Waals surface area contributed by atoms with Gasteiger partial charge in [-0.25, -0.2) is 4.68 Å². The van der Waals surface area contributed by atoms with Crippen LogP contribution in [0.3, 0.4) is 0 Å². The van der Waals surface area contributed by atoms with Crippen LogP contribution in [0.15, 0.2) is 22.9 Å². The predicted molar refractivity (Wildman–Crippen MR) is 82.4 cm³/mol. The summed E-state index contributed by atoms with van der Waals surface area (Å²) in [6, 6.07) is 2.12. The third-order valence-electron chi connectivity index (χ3n) is 4.54. The van der Waals surface area contributed by atoms with Gasteiger partial charge in [-0.2, -0.15) is 5.10 Å². The Kier molecular flexibility index (Phi) is 3.40. The van der Waals surface area contributed by atoms with Gasteiger partial charge in [0, 0.05) is 19.0 Å². The summed E-state index contributed by atoms with van der Waals surface area (Å²) in [4.78, 5) is 24.7. The van der Waals surface area contributed by atoms with Crippen LogP contribution in [0, 0.1) is 0 Å². The number of fused-ring (bicyclic) bond motifs is 1. The number of aryl methyl sites for hydroxylation is 1. The molecule has 0 aromatic carbocycles. The van der Waals surface area contributed by atoms with E-state index < -0.39 is 0 Å². The number of nitrogens with one attached hydrogen (secondary N) is 2. The van der Waals surface area contributed by atoms with Crippen molar-refractivity contribution in [2.24, 2.45) is 0 Å². The van der Waals surface area contributed by atoms with E-state index in [0.717, 1.165) is 19.3 Å². The van der Waals surface area contributed by atoms with Crippen LogP contribution in [0.2, 0.25) is 0 Å². The zero-order valence-electron chi connectivity index (χ0n) is 12.7. The molecule has 1 aliphatic carbocycles. The molecule has 2 aromatic rings. The fraction of sp³-hybridized carbons (Fsp3) is 0.438. The van der Waals surface area contributed by atoms with E-state index in [9.17, 15) is 9.59 Å². The zero-order valence-corrected chi connectivity index (χ0v) is 12.7. The maximum atomic E-state index is 12.6. The summed E-state index contributed by atoms with van der Waals surface area (Å²) in [6.07, 6.45) is 7.85. The number of carbonyl (C=O) groups excluding carboxylic acids is 2. The molecule has 0 radical (unpaired) electrons. The lowest BCUT2D eigenvalue weighted by Crippen LogP contribution is -2.26. The van der Waals surface area contributed by atoms with Crippen LogP contribution < -0.4 is 10.6 Å². The fourth-order valence-electron chi connectivity index (χ4n) is 3.06. The van der Waals surface area contributed by atoms with Crippen LogP contribution >= 0.6 is 0 Å². The number of amides is 2. The summed E-state index contributed by atoms with van der Waals surface area (Å²) in [5, 5.41) is 9.94. The van der Waals surface area contributed by atoms with Gasteiger partial charge < -0.3 is 15.1 Å². The van der Waals surface area contributed by atoms with Crippen LogP contribution in [0.5, 0.6) is 0 Å². The van der Waals surface area contributed by atoms with Gasteiger partial charge in [0.1, 0.15) is 17.8 Å². The normalized spacial score (nSPS) is 17.8. The number of carbonyl (C=O) groups is 2. The van der Waals surface area contributed by atoms with Gasteiger partial charge in [0.25, 0.3) is 11.8 Å². The third kappa shape index (κ3) is 2.42. The molecule has 1 aliphatic heterocycles. The second-order valence-corrected chi connectivity index (χ2v) is 6.01. The lowest BCUT2D eigenvalue weighted by Gasteiger charge is -2.27. The first kappa shape index (κ1) is 14.0. The van der Waals surface area contributed by atoms with E-state index in [0.29, 0.717) is 36.1 Å². The Morgan fingerprint density at radius 1 is 1.39 bits per heavy atom. The smallest absolute Gasteiger partial charge is 0.260 e. The van der Waals surface area contributed by atoms with E-state index in [2.05, 4.69) is 15.7 Å². The van der Waals surface area contributed by atoms with Crippen LogP contribution in [0.4, 0.5) is 5.82 Å². The molecule has 0 saturated heterocycles. The summed E-state index contributed by atoms with van der Waals surface area (Å²) in [5.74, 6) is 0.651. The third-order valence-corrected chi connectivity index (χ3v) is 4.54. The molecule has 0 unspecified atom stereocenters. The van der Waals surface area contributed by atoms with Crippen LogP contribution in [0.25, 0.3) is 0 Å². The number of hydrogen-bond donors (Lipinski definition) is 2. The average Bonchev–Trinajstić information content (AvgIpc) is 3.05. The van der Waals surface area contributed by atoms with Gasteiger partial charge >= 0.3 is 0 Å². The summed E-state index contributed by atoms with van der Waals surface area (Å²) in [7, 11) is 0. The Hall–Kier alpha value is -2.57. The van der Waals surface area contributed by atoms with Crippen molar-refractivity contribution in [2.45, 2.75) is 38.1 Å². The molecular weight excluding hydrogens is 296 g/mol. The van der Waals surface area contributed by atoms with E-state index in [1.54, 1.807) is 12.3 Å². The summed E-state index contributed by atoms with van der Waals surface area (Å²) in [5.41, 5.74) is 0.635. The van der Waals surface area contributed by atoms with Crippen molar-refractivity contribution in [1.82, 2.24) is 15.1 Å². The largest absolute Gasteiger partial charge is 0.468 e. The minimum atomic E-state index is -0.340. The van der Waals surface area contributed by atoms with E-state index in [1.165, 1.54) is 12.7 Å². The Bertz CT molecular complexity index is 757. The number of aromatic nitrogens is 2. The van der Waals surface area contributed by atoms with Gasteiger partial charge in [-0.3, -0.25) is 9.59 Å². The Labute approximate surface area is 133 Å². The van der Waals surface area contributed by atoms with Crippen molar-refractivity contribution in [3.63, 3.8) is 0 Å². The average molecular weight is 314 g/mol. The van der Waals surface area contributed by atoms with Crippen molar-refractivity contribution >= 4 is 17.6 Å². The van der Waals surface area contributed by atoms with Crippen molar-refractivity contribution in [2.75, 3.05) is 11.9 Å². The molecule has 23 heavy (non-hydrogen) atoms. The maximum absolute atomic E-state index is 12.6. The monoisotopic (exact) mass is 314 g/mol. The van der Waals surface area contributed by atoms with E-state index in [1.807, 2.05) is 4.68 Å². The topological polar surface area (TPSA) is 89.2 Å². The number of furan rings is 1. The SMILES string of the molecule is O=C(Nc1ccnn1C1CCC1)c1coc2c1C(=O)NCCC2. The second kappa shape index (κ2) is 5.57. The highest BCUT2D eigenvalue weighted by Crippen LogP contribution is 2.33. The molecule has 7 heteroatoms. The first-order valence-electron chi connectivity index (χ1n) is 7.97. The lowest BCUT2D eigenvalue weighted by atomic mass is 9.93. The van der Waals surface area contributed by atoms with Gasteiger partial charge in [-0.15, -0.1) is 0 Å². The van der Waals surface area contributed by atoms with Gasteiger partial charge in [-0.05, 0) is 25.7 Å². The van der Waals surface area contributed by atoms with Gasteiger partial charge in [0.2, 0.25) is 0 Å². The second-order valence-electron chi connectivity index (χ2n) is 6.01. The van der Waals surface area contributed by atoms with E-state index in [4.69, 9.17) is 4.42 Å². The lowest BCUT2D eigenvalue weighted by molar-refractivity contribution is 0.0943. The van der Waals surface area contributed by atoms with Crippen LogP contribution in [-0.2, 0) is 6.42 Å². The molecule has 1 saturated carbocycles. The molecule has 2 aliphatic rings. The van der Waals surface area contributed by atoms with Gasteiger partial charge in [0.05, 0.1) is 23.4 Å². The van der Waals surface area contributed by atoms with E-state index in [-0.39, 0.29) is 17.4 Å². The molecule has 2 amide bonds. The highest BCUT2D eigenvalue weighted by atomic mass is 16.3. The molecule has 0 spiro atoms. The number of hydrogen-bond acceptors (Lipinski definition) is 4. The number of nitrogens with zero attached hydrogens (tertiary/aromatic N) is 2. The van der Waals surface area contributed by atoms with Gasteiger partial charge in [-0.1, -0.05) is 0 Å². The molecule has 120 valence electrons. The highest BCUT2D eigenvalue weighted by Gasteiger charge is 2.28. The first-order valence-corrected chi connectivity index (χ1v) is 7.97. The quantitative estimate of drug-likeness (QED) is 0.908. The molecule has 0 atom stereocenters.